The average Bonchev–Trinajstić information content (AvgIpc) is 2.71. The molecule has 1 N–H and O–H groups in total. The standard InChI is InChI=1S/C23H24N2O3/c1-15-7-8-16(2)21(13-15)28-18-9-11-25(12-10-18)23(27)20-14-17-5-3-4-6-19(17)22(26)24-20/h3-8,13-14,18H,9-12H2,1-2H3,(H,24,26). The summed E-state index contributed by atoms with van der Waals surface area (Å²) in [4.78, 5) is 29.7. The zero-order chi connectivity index (χ0) is 19.7. The summed E-state index contributed by atoms with van der Waals surface area (Å²) < 4.78 is 6.18. The number of aryl methyl sites for hydroxylation is 2. The van der Waals surface area contributed by atoms with Crippen molar-refractivity contribution in [3.8, 4) is 5.75 Å². The van der Waals surface area contributed by atoms with Crippen LogP contribution in [0.25, 0.3) is 10.8 Å². The van der Waals surface area contributed by atoms with E-state index < -0.39 is 0 Å². The molecule has 1 saturated heterocycles. The van der Waals surface area contributed by atoms with Crippen molar-refractivity contribution in [2.45, 2.75) is 32.8 Å². The highest BCUT2D eigenvalue weighted by Gasteiger charge is 2.25. The first-order chi connectivity index (χ1) is 13.5. The number of H-pyrrole nitrogens is 1. The number of benzene rings is 2. The Morgan fingerprint density at radius 3 is 2.61 bits per heavy atom. The number of hydrogen-bond donors (Lipinski definition) is 1. The molecule has 0 aliphatic carbocycles. The Morgan fingerprint density at radius 2 is 1.82 bits per heavy atom. The summed E-state index contributed by atoms with van der Waals surface area (Å²) in [5.74, 6) is 0.789. The summed E-state index contributed by atoms with van der Waals surface area (Å²) in [5.41, 5.74) is 2.42. The van der Waals surface area contributed by atoms with Gasteiger partial charge in [0.1, 0.15) is 17.5 Å². The number of hydrogen-bond acceptors (Lipinski definition) is 3. The molecule has 4 rings (SSSR count). The molecule has 0 atom stereocenters. The van der Waals surface area contributed by atoms with Crippen LogP contribution in [0.3, 0.4) is 0 Å². The van der Waals surface area contributed by atoms with Gasteiger partial charge in [0, 0.05) is 31.3 Å². The molecule has 5 nitrogen and oxygen atoms in total. The Hall–Kier alpha value is -3.08. The van der Waals surface area contributed by atoms with Crippen molar-refractivity contribution >= 4 is 16.7 Å². The molecular weight excluding hydrogens is 352 g/mol. The average molecular weight is 376 g/mol. The van der Waals surface area contributed by atoms with E-state index in [1.165, 1.54) is 5.56 Å². The van der Waals surface area contributed by atoms with E-state index >= 15 is 0 Å². The number of rotatable bonds is 3. The molecular formula is C23H24N2O3. The Balaban J connectivity index is 1.44. The molecule has 5 heteroatoms. The largest absolute Gasteiger partial charge is 0.490 e. The number of piperidine rings is 1. The maximum absolute atomic E-state index is 12.9. The number of aromatic amines is 1. The number of likely N-dealkylation sites (tertiary alicyclic amines) is 1. The Labute approximate surface area is 163 Å². The lowest BCUT2D eigenvalue weighted by atomic mass is 10.1. The molecule has 0 bridgehead atoms. The third kappa shape index (κ3) is 3.65. The van der Waals surface area contributed by atoms with Gasteiger partial charge in [-0.15, -0.1) is 0 Å². The quantitative estimate of drug-likeness (QED) is 0.756. The molecule has 3 aromatic rings. The van der Waals surface area contributed by atoms with E-state index in [0.29, 0.717) is 24.2 Å². The number of aromatic nitrogens is 1. The van der Waals surface area contributed by atoms with Crippen LogP contribution in [0, 0.1) is 13.8 Å². The van der Waals surface area contributed by atoms with Crippen molar-refractivity contribution in [3.05, 3.63) is 75.7 Å². The lowest BCUT2D eigenvalue weighted by molar-refractivity contribution is 0.0589. The van der Waals surface area contributed by atoms with E-state index in [1.807, 2.05) is 25.1 Å². The van der Waals surface area contributed by atoms with Crippen LogP contribution in [0.1, 0.15) is 34.5 Å². The Kier molecular flexibility index (Phi) is 4.90. The van der Waals surface area contributed by atoms with Crippen LogP contribution in [0.2, 0.25) is 0 Å². The van der Waals surface area contributed by atoms with Crippen LogP contribution >= 0.6 is 0 Å². The summed E-state index contributed by atoms with van der Waals surface area (Å²) in [5, 5.41) is 1.38. The second-order valence-corrected chi connectivity index (χ2v) is 7.48. The first-order valence-electron chi connectivity index (χ1n) is 9.66. The molecule has 0 spiro atoms. The fraction of sp³-hybridized carbons (Fsp3) is 0.304. The highest BCUT2D eigenvalue weighted by molar-refractivity contribution is 5.96. The van der Waals surface area contributed by atoms with E-state index in [0.717, 1.165) is 29.5 Å². The van der Waals surface area contributed by atoms with Gasteiger partial charge in [0.25, 0.3) is 11.5 Å². The number of pyridine rings is 1. The molecule has 0 radical (unpaired) electrons. The van der Waals surface area contributed by atoms with E-state index in [4.69, 9.17) is 4.74 Å². The molecule has 1 fully saturated rings. The fourth-order valence-electron chi connectivity index (χ4n) is 3.69. The second kappa shape index (κ2) is 7.50. The van der Waals surface area contributed by atoms with Gasteiger partial charge in [-0.1, -0.05) is 30.3 Å². The summed E-state index contributed by atoms with van der Waals surface area (Å²) in [6.45, 7) is 5.33. The van der Waals surface area contributed by atoms with Gasteiger partial charge in [-0.3, -0.25) is 9.59 Å². The minimum absolute atomic E-state index is 0.0974. The molecule has 1 aliphatic heterocycles. The minimum Gasteiger partial charge on any atom is -0.490 e. The van der Waals surface area contributed by atoms with Gasteiger partial charge < -0.3 is 14.6 Å². The van der Waals surface area contributed by atoms with Crippen LogP contribution in [0.5, 0.6) is 5.75 Å². The first-order valence-corrected chi connectivity index (χ1v) is 9.66. The van der Waals surface area contributed by atoms with Crippen molar-refractivity contribution < 1.29 is 9.53 Å². The number of carbonyl (C=O) groups is 1. The molecule has 0 unspecified atom stereocenters. The van der Waals surface area contributed by atoms with Gasteiger partial charge in [0.05, 0.1) is 0 Å². The number of carbonyl (C=O) groups excluding carboxylic acids is 1. The number of nitrogens with zero attached hydrogens (tertiary/aromatic N) is 1. The van der Waals surface area contributed by atoms with Crippen LogP contribution in [-0.2, 0) is 0 Å². The maximum Gasteiger partial charge on any atom is 0.270 e. The predicted octanol–water partition coefficient (Wildman–Crippen LogP) is 3.83. The molecule has 1 aliphatic rings. The summed E-state index contributed by atoms with van der Waals surface area (Å²) in [6.07, 6.45) is 1.65. The van der Waals surface area contributed by atoms with Gasteiger partial charge in [-0.25, -0.2) is 0 Å². The SMILES string of the molecule is Cc1ccc(C)c(OC2CCN(C(=O)c3cc4ccccc4c(=O)[nH]3)CC2)c1. The number of amides is 1. The van der Waals surface area contributed by atoms with Gasteiger partial charge in [-0.2, -0.15) is 0 Å². The number of fused-ring (bicyclic) bond motifs is 1. The van der Waals surface area contributed by atoms with Crippen molar-refractivity contribution in [1.82, 2.24) is 9.88 Å². The highest BCUT2D eigenvalue weighted by atomic mass is 16.5. The van der Waals surface area contributed by atoms with E-state index in [9.17, 15) is 9.59 Å². The topological polar surface area (TPSA) is 62.4 Å². The fourth-order valence-corrected chi connectivity index (χ4v) is 3.69. The lowest BCUT2D eigenvalue weighted by Gasteiger charge is -2.32. The number of nitrogens with one attached hydrogen (secondary N) is 1. The maximum atomic E-state index is 12.9. The minimum atomic E-state index is -0.227. The van der Waals surface area contributed by atoms with Crippen LogP contribution < -0.4 is 10.3 Å². The predicted molar refractivity (Wildman–Crippen MR) is 110 cm³/mol. The normalized spacial score (nSPS) is 15.0. The third-order valence-corrected chi connectivity index (χ3v) is 5.35. The summed E-state index contributed by atoms with van der Waals surface area (Å²) in [6, 6.07) is 15.3. The monoisotopic (exact) mass is 376 g/mol. The molecule has 1 amide bonds. The summed E-state index contributed by atoms with van der Waals surface area (Å²) in [7, 11) is 0. The smallest absolute Gasteiger partial charge is 0.270 e. The Bertz CT molecular complexity index is 1080. The second-order valence-electron chi connectivity index (χ2n) is 7.48. The lowest BCUT2D eigenvalue weighted by Crippen LogP contribution is -2.42. The molecule has 144 valence electrons. The first kappa shape index (κ1) is 18.3. The van der Waals surface area contributed by atoms with E-state index in [-0.39, 0.29) is 17.6 Å². The van der Waals surface area contributed by atoms with Crippen LogP contribution in [0.15, 0.2) is 53.3 Å². The van der Waals surface area contributed by atoms with Gasteiger partial charge in [0.2, 0.25) is 0 Å². The Morgan fingerprint density at radius 1 is 1.07 bits per heavy atom. The molecule has 1 aromatic heterocycles. The summed E-state index contributed by atoms with van der Waals surface area (Å²) >= 11 is 0. The van der Waals surface area contributed by atoms with E-state index in [2.05, 4.69) is 30.1 Å². The zero-order valence-corrected chi connectivity index (χ0v) is 16.2. The van der Waals surface area contributed by atoms with Crippen molar-refractivity contribution in [2.24, 2.45) is 0 Å². The highest BCUT2D eigenvalue weighted by Crippen LogP contribution is 2.24. The van der Waals surface area contributed by atoms with Crippen molar-refractivity contribution in [3.63, 3.8) is 0 Å². The van der Waals surface area contributed by atoms with Crippen molar-refractivity contribution in [1.29, 1.82) is 0 Å². The van der Waals surface area contributed by atoms with Crippen molar-refractivity contribution in [2.75, 3.05) is 13.1 Å². The van der Waals surface area contributed by atoms with Gasteiger partial charge in [-0.05, 0) is 48.6 Å². The zero-order valence-electron chi connectivity index (χ0n) is 16.2. The van der Waals surface area contributed by atoms with Crippen LogP contribution in [0.4, 0.5) is 0 Å². The van der Waals surface area contributed by atoms with Crippen LogP contribution in [-0.4, -0.2) is 35.0 Å². The van der Waals surface area contributed by atoms with Gasteiger partial charge >= 0.3 is 0 Å². The number of ether oxygens (including phenoxy) is 1. The molecule has 2 aromatic carbocycles. The van der Waals surface area contributed by atoms with Gasteiger partial charge in [0.15, 0.2) is 0 Å². The molecule has 0 saturated carbocycles. The molecule has 2 heterocycles. The third-order valence-electron chi connectivity index (χ3n) is 5.35. The van der Waals surface area contributed by atoms with E-state index in [1.54, 1.807) is 17.0 Å². The molecule has 28 heavy (non-hydrogen) atoms.